The highest BCUT2D eigenvalue weighted by Gasteiger charge is 2.13. The molecule has 1 aromatic carbocycles. The molecule has 0 saturated carbocycles. The van der Waals surface area contributed by atoms with E-state index in [-0.39, 0.29) is 11.3 Å². The maximum atomic E-state index is 12.0. The Kier molecular flexibility index (Phi) is 3.84. The van der Waals surface area contributed by atoms with Crippen LogP contribution in [-0.4, -0.2) is 27.2 Å². The Hall–Kier alpha value is -2.96. The quantitative estimate of drug-likeness (QED) is 0.788. The summed E-state index contributed by atoms with van der Waals surface area (Å²) in [5.74, 6) is -1.60. The van der Waals surface area contributed by atoms with Crippen molar-refractivity contribution < 1.29 is 14.7 Å². The van der Waals surface area contributed by atoms with Crippen molar-refractivity contribution in [3.63, 3.8) is 0 Å². The number of nitrogens with zero attached hydrogens (tertiary/aromatic N) is 1. The molecule has 3 N–H and O–H groups in total. The highest BCUT2D eigenvalue weighted by atomic mass is 16.4. The molecule has 0 aliphatic carbocycles. The van der Waals surface area contributed by atoms with Gasteiger partial charge in [-0.25, -0.2) is 9.89 Å². The van der Waals surface area contributed by atoms with Gasteiger partial charge in [-0.2, -0.15) is 5.10 Å². The fraction of sp³-hybridized carbons (Fsp3) is 0.143. The van der Waals surface area contributed by atoms with Crippen molar-refractivity contribution in [2.45, 2.75) is 13.8 Å². The van der Waals surface area contributed by atoms with Gasteiger partial charge < -0.3 is 10.4 Å². The zero-order valence-electron chi connectivity index (χ0n) is 11.4. The van der Waals surface area contributed by atoms with Crippen LogP contribution in [0.2, 0.25) is 0 Å². The van der Waals surface area contributed by atoms with Gasteiger partial charge in [0.15, 0.2) is 0 Å². The average molecular weight is 287 g/mol. The third-order valence-electron chi connectivity index (χ3n) is 3.07. The van der Waals surface area contributed by atoms with Crippen LogP contribution in [0.5, 0.6) is 0 Å². The van der Waals surface area contributed by atoms with Gasteiger partial charge in [0.1, 0.15) is 5.69 Å². The summed E-state index contributed by atoms with van der Waals surface area (Å²) in [6.45, 7) is 3.46. The van der Waals surface area contributed by atoms with Crippen molar-refractivity contribution in [3.05, 3.63) is 57.0 Å². The lowest BCUT2D eigenvalue weighted by atomic mass is 10.0. The summed E-state index contributed by atoms with van der Waals surface area (Å²) in [4.78, 5) is 34.0. The first kappa shape index (κ1) is 14.4. The molecular weight excluding hydrogens is 274 g/mol. The SMILES string of the molecule is Cc1cc(NC(=O)c2ccc(=O)[nH]n2)cc(C(=O)O)c1C. The van der Waals surface area contributed by atoms with Crippen molar-refractivity contribution in [3.8, 4) is 0 Å². The molecule has 1 heterocycles. The fourth-order valence-electron chi connectivity index (χ4n) is 1.82. The first-order valence-electron chi connectivity index (χ1n) is 6.10. The van der Waals surface area contributed by atoms with E-state index < -0.39 is 17.4 Å². The van der Waals surface area contributed by atoms with Gasteiger partial charge in [0.25, 0.3) is 11.5 Å². The lowest BCUT2D eigenvalue weighted by Gasteiger charge is -2.10. The second-order valence-electron chi connectivity index (χ2n) is 4.53. The Morgan fingerprint density at radius 3 is 2.52 bits per heavy atom. The van der Waals surface area contributed by atoms with Gasteiger partial charge >= 0.3 is 5.97 Å². The van der Waals surface area contributed by atoms with Crippen molar-refractivity contribution in [2.24, 2.45) is 0 Å². The third-order valence-corrected chi connectivity index (χ3v) is 3.07. The molecule has 0 radical (unpaired) electrons. The predicted octanol–water partition coefficient (Wildman–Crippen LogP) is 1.34. The second kappa shape index (κ2) is 5.58. The van der Waals surface area contributed by atoms with E-state index in [1.54, 1.807) is 19.9 Å². The molecule has 0 spiro atoms. The minimum absolute atomic E-state index is 0.0321. The van der Waals surface area contributed by atoms with Crippen LogP contribution in [0.15, 0.2) is 29.1 Å². The van der Waals surface area contributed by atoms with Gasteiger partial charge in [-0.15, -0.1) is 0 Å². The minimum Gasteiger partial charge on any atom is -0.478 e. The van der Waals surface area contributed by atoms with Crippen molar-refractivity contribution in [2.75, 3.05) is 5.32 Å². The molecule has 0 atom stereocenters. The number of hydrogen-bond donors (Lipinski definition) is 3. The molecule has 21 heavy (non-hydrogen) atoms. The van der Waals surface area contributed by atoms with Crippen LogP contribution >= 0.6 is 0 Å². The fourth-order valence-corrected chi connectivity index (χ4v) is 1.82. The van der Waals surface area contributed by atoms with E-state index in [1.165, 1.54) is 18.2 Å². The van der Waals surface area contributed by atoms with Gasteiger partial charge in [-0.05, 0) is 43.2 Å². The van der Waals surface area contributed by atoms with Gasteiger partial charge in [-0.3, -0.25) is 9.59 Å². The predicted molar refractivity (Wildman–Crippen MR) is 75.7 cm³/mol. The van der Waals surface area contributed by atoms with Crippen LogP contribution in [0, 0.1) is 13.8 Å². The van der Waals surface area contributed by atoms with E-state index in [9.17, 15) is 14.4 Å². The molecule has 2 aromatic rings. The lowest BCUT2D eigenvalue weighted by Crippen LogP contribution is -2.18. The topological polar surface area (TPSA) is 112 Å². The number of rotatable bonds is 3. The Bertz CT molecular complexity index is 760. The van der Waals surface area contributed by atoms with Crippen LogP contribution in [0.3, 0.4) is 0 Å². The van der Waals surface area contributed by atoms with E-state index in [2.05, 4.69) is 15.5 Å². The molecule has 0 bridgehead atoms. The van der Waals surface area contributed by atoms with Crippen LogP contribution in [0.4, 0.5) is 5.69 Å². The summed E-state index contributed by atoms with van der Waals surface area (Å²) in [5, 5.41) is 17.4. The monoisotopic (exact) mass is 287 g/mol. The van der Waals surface area contributed by atoms with Crippen molar-refractivity contribution >= 4 is 17.6 Å². The molecular formula is C14H13N3O4. The molecule has 2 rings (SSSR count). The van der Waals surface area contributed by atoms with E-state index in [4.69, 9.17) is 5.11 Å². The molecule has 0 fully saturated rings. The summed E-state index contributed by atoms with van der Waals surface area (Å²) in [6, 6.07) is 5.53. The van der Waals surface area contributed by atoms with Gasteiger partial charge in [0.05, 0.1) is 5.56 Å². The minimum atomic E-state index is -1.06. The Morgan fingerprint density at radius 2 is 1.95 bits per heavy atom. The van der Waals surface area contributed by atoms with E-state index in [1.807, 2.05) is 0 Å². The molecule has 0 unspecified atom stereocenters. The van der Waals surface area contributed by atoms with Crippen LogP contribution in [-0.2, 0) is 0 Å². The zero-order chi connectivity index (χ0) is 15.6. The van der Waals surface area contributed by atoms with Crippen LogP contribution in [0.1, 0.15) is 32.0 Å². The Balaban J connectivity index is 2.31. The third kappa shape index (κ3) is 3.14. The number of carbonyl (C=O) groups is 2. The number of aromatic amines is 1. The highest BCUT2D eigenvalue weighted by Crippen LogP contribution is 2.20. The largest absolute Gasteiger partial charge is 0.478 e. The van der Waals surface area contributed by atoms with Gasteiger partial charge in [-0.1, -0.05) is 0 Å². The average Bonchev–Trinajstić information content (AvgIpc) is 2.43. The van der Waals surface area contributed by atoms with Crippen LogP contribution < -0.4 is 10.9 Å². The number of hydrogen-bond acceptors (Lipinski definition) is 4. The molecule has 7 nitrogen and oxygen atoms in total. The number of anilines is 1. The van der Waals surface area contributed by atoms with Crippen LogP contribution in [0.25, 0.3) is 0 Å². The van der Waals surface area contributed by atoms with Gasteiger partial charge in [0.2, 0.25) is 0 Å². The molecule has 0 saturated heterocycles. The van der Waals surface area contributed by atoms with E-state index >= 15 is 0 Å². The van der Waals surface area contributed by atoms with Crippen molar-refractivity contribution in [1.82, 2.24) is 10.2 Å². The summed E-state index contributed by atoms with van der Waals surface area (Å²) >= 11 is 0. The lowest BCUT2D eigenvalue weighted by molar-refractivity contribution is 0.0695. The Labute approximate surface area is 119 Å². The summed E-state index contributed by atoms with van der Waals surface area (Å²) in [5.41, 5.74) is 1.49. The molecule has 1 aromatic heterocycles. The number of amides is 1. The summed E-state index contributed by atoms with van der Waals surface area (Å²) in [6.07, 6.45) is 0. The first-order chi connectivity index (χ1) is 9.88. The van der Waals surface area contributed by atoms with E-state index in [0.717, 1.165) is 5.56 Å². The normalized spacial score (nSPS) is 10.2. The number of carboxylic acid groups (broad SMARTS) is 1. The number of aromatic nitrogens is 2. The summed E-state index contributed by atoms with van der Waals surface area (Å²) in [7, 11) is 0. The first-order valence-corrected chi connectivity index (χ1v) is 6.10. The molecule has 7 heteroatoms. The maximum Gasteiger partial charge on any atom is 0.336 e. The molecule has 1 amide bonds. The maximum absolute atomic E-state index is 12.0. The molecule has 108 valence electrons. The highest BCUT2D eigenvalue weighted by molar-refractivity contribution is 6.03. The molecule has 0 aliphatic rings. The number of nitrogens with one attached hydrogen (secondary N) is 2. The number of H-pyrrole nitrogens is 1. The molecule has 0 aliphatic heterocycles. The zero-order valence-corrected chi connectivity index (χ0v) is 11.4. The number of aromatic carboxylic acids is 1. The standard InChI is InChI=1S/C14H13N3O4/c1-7-5-9(6-10(8(7)2)14(20)21)15-13(19)11-3-4-12(18)17-16-11/h3-6H,1-2H3,(H,15,19)(H,17,18)(H,20,21). The smallest absolute Gasteiger partial charge is 0.336 e. The number of carboxylic acids is 1. The second-order valence-corrected chi connectivity index (χ2v) is 4.53. The summed E-state index contributed by atoms with van der Waals surface area (Å²) < 4.78 is 0. The Morgan fingerprint density at radius 1 is 1.24 bits per heavy atom. The number of benzene rings is 1. The number of carbonyl (C=O) groups excluding carboxylic acids is 1. The number of aryl methyl sites for hydroxylation is 1. The van der Waals surface area contributed by atoms with E-state index in [0.29, 0.717) is 11.3 Å². The van der Waals surface area contributed by atoms with Gasteiger partial charge in [0, 0.05) is 11.8 Å². The van der Waals surface area contributed by atoms with Crippen molar-refractivity contribution in [1.29, 1.82) is 0 Å².